The van der Waals surface area contributed by atoms with Gasteiger partial charge in [0.05, 0.1) is 17.7 Å². The van der Waals surface area contributed by atoms with Gasteiger partial charge in [-0.1, -0.05) is 53.5 Å². The van der Waals surface area contributed by atoms with Gasteiger partial charge in [0.1, 0.15) is 18.3 Å². The molecule has 1 atom stereocenters. The van der Waals surface area contributed by atoms with Crippen molar-refractivity contribution >= 4 is 55.1 Å². The second-order valence-corrected chi connectivity index (χ2v) is 12.8. The molecule has 3 rings (SSSR count). The molecular weight excluding hydrogens is 618 g/mol. The van der Waals surface area contributed by atoms with Crippen LogP contribution in [0.25, 0.3) is 0 Å². The fraction of sp³-hybridized carbons (Fsp3) is 0.310. The number of hydrogen-bond acceptors (Lipinski definition) is 5. The number of nitrogens with zero attached hydrogens (tertiary/aromatic N) is 2. The average molecular weight is 651 g/mol. The number of sulfonamides is 1. The molecule has 11 heteroatoms. The number of methoxy groups -OCH3 is 1. The van der Waals surface area contributed by atoms with Crippen LogP contribution in [0.1, 0.15) is 26.3 Å². The highest BCUT2D eigenvalue weighted by Gasteiger charge is 2.32. The van der Waals surface area contributed by atoms with Crippen LogP contribution in [0, 0.1) is 5.92 Å². The Bertz CT molecular complexity index is 1420. The third-order valence-electron chi connectivity index (χ3n) is 6.13. The van der Waals surface area contributed by atoms with Crippen LogP contribution in [0.5, 0.6) is 5.75 Å². The van der Waals surface area contributed by atoms with Crippen molar-refractivity contribution in [2.45, 2.75) is 38.3 Å². The van der Waals surface area contributed by atoms with E-state index < -0.39 is 28.5 Å². The van der Waals surface area contributed by atoms with E-state index in [0.717, 1.165) is 14.3 Å². The molecule has 1 N–H and O–H groups in total. The first-order chi connectivity index (χ1) is 18.9. The monoisotopic (exact) mass is 649 g/mol. The van der Waals surface area contributed by atoms with Crippen molar-refractivity contribution in [3.8, 4) is 5.75 Å². The molecule has 3 aromatic rings. The number of benzene rings is 3. The predicted molar refractivity (Wildman–Crippen MR) is 161 cm³/mol. The fourth-order valence-corrected chi connectivity index (χ4v) is 5.86. The second kappa shape index (κ2) is 14.0. The average Bonchev–Trinajstić information content (AvgIpc) is 2.93. The molecule has 0 fully saturated rings. The lowest BCUT2D eigenvalue weighted by molar-refractivity contribution is -0.139. The molecule has 0 aliphatic rings. The normalized spacial score (nSPS) is 12.1. The molecule has 3 aromatic carbocycles. The molecular formula is C29H33BrClN3O5S. The van der Waals surface area contributed by atoms with Gasteiger partial charge in [-0.05, 0) is 79.1 Å². The van der Waals surface area contributed by atoms with E-state index in [1.807, 2.05) is 38.1 Å². The summed E-state index contributed by atoms with van der Waals surface area (Å²) in [7, 11) is -2.70. The highest BCUT2D eigenvalue weighted by molar-refractivity contribution is 9.10. The first-order valence-electron chi connectivity index (χ1n) is 12.7. The van der Waals surface area contributed by atoms with Crippen LogP contribution in [0.3, 0.4) is 0 Å². The van der Waals surface area contributed by atoms with E-state index in [1.165, 1.54) is 48.4 Å². The summed E-state index contributed by atoms with van der Waals surface area (Å²) in [5, 5.41) is 3.29. The number of rotatable bonds is 12. The highest BCUT2D eigenvalue weighted by atomic mass is 79.9. The largest absolute Gasteiger partial charge is 0.497 e. The number of amides is 2. The van der Waals surface area contributed by atoms with E-state index in [4.69, 9.17) is 16.3 Å². The van der Waals surface area contributed by atoms with Gasteiger partial charge in [-0.25, -0.2) is 8.42 Å². The van der Waals surface area contributed by atoms with Crippen molar-refractivity contribution in [2.24, 2.45) is 5.92 Å². The summed E-state index contributed by atoms with van der Waals surface area (Å²) in [6, 6.07) is 18.6. The van der Waals surface area contributed by atoms with E-state index in [0.29, 0.717) is 17.3 Å². The molecule has 0 saturated heterocycles. The van der Waals surface area contributed by atoms with Crippen molar-refractivity contribution in [2.75, 3.05) is 24.5 Å². The van der Waals surface area contributed by atoms with Crippen LogP contribution in [0.4, 0.5) is 5.69 Å². The SMILES string of the molecule is COc1ccc(S(=O)(=O)N(CC(=O)N(Cc2cccc(Br)c2)[C@@H](C)C(=O)NCC(C)C)c2ccc(Cl)cc2)cc1. The summed E-state index contributed by atoms with van der Waals surface area (Å²) in [6.45, 7) is 5.60. The van der Waals surface area contributed by atoms with Crippen LogP contribution in [-0.2, 0) is 26.2 Å². The Kier molecular flexibility index (Phi) is 11.0. The number of hydrogen-bond donors (Lipinski definition) is 1. The van der Waals surface area contributed by atoms with Crippen molar-refractivity contribution in [3.05, 3.63) is 87.9 Å². The minimum Gasteiger partial charge on any atom is -0.497 e. The number of ether oxygens (including phenoxy) is 1. The second-order valence-electron chi connectivity index (χ2n) is 9.63. The Balaban J connectivity index is 2.01. The minimum atomic E-state index is -4.19. The molecule has 0 aliphatic heterocycles. The van der Waals surface area contributed by atoms with Gasteiger partial charge < -0.3 is 15.0 Å². The predicted octanol–water partition coefficient (Wildman–Crippen LogP) is 5.50. The van der Waals surface area contributed by atoms with Gasteiger partial charge in [-0.2, -0.15) is 0 Å². The smallest absolute Gasteiger partial charge is 0.264 e. The van der Waals surface area contributed by atoms with Crippen molar-refractivity contribution < 1.29 is 22.7 Å². The maximum absolute atomic E-state index is 13.9. The molecule has 0 spiro atoms. The van der Waals surface area contributed by atoms with Crippen molar-refractivity contribution in [3.63, 3.8) is 0 Å². The molecule has 0 saturated carbocycles. The molecule has 0 aromatic heterocycles. The van der Waals surface area contributed by atoms with E-state index in [2.05, 4.69) is 21.2 Å². The molecule has 2 amide bonds. The van der Waals surface area contributed by atoms with E-state index in [1.54, 1.807) is 19.1 Å². The van der Waals surface area contributed by atoms with Crippen molar-refractivity contribution in [1.82, 2.24) is 10.2 Å². The molecule has 0 radical (unpaired) electrons. The Morgan fingerprint density at radius 2 is 1.65 bits per heavy atom. The number of anilines is 1. The molecule has 0 aliphatic carbocycles. The Morgan fingerprint density at radius 1 is 1.00 bits per heavy atom. The third-order valence-corrected chi connectivity index (χ3v) is 8.67. The lowest BCUT2D eigenvalue weighted by atomic mass is 10.1. The van der Waals surface area contributed by atoms with Gasteiger partial charge in [0.25, 0.3) is 10.0 Å². The van der Waals surface area contributed by atoms with Crippen LogP contribution in [-0.4, -0.2) is 51.4 Å². The zero-order valence-corrected chi connectivity index (χ0v) is 26.0. The van der Waals surface area contributed by atoms with Crippen LogP contribution < -0.4 is 14.4 Å². The van der Waals surface area contributed by atoms with Gasteiger partial charge in [0, 0.05) is 22.6 Å². The highest BCUT2D eigenvalue weighted by Crippen LogP contribution is 2.27. The summed E-state index contributed by atoms with van der Waals surface area (Å²) in [4.78, 5) is 28.4. The molecule has 0 unspecified atom stereocenters. The van der Waals surface area contributed by atoms with Crippen molar-refractivity contribution in [1.29, 1.82) is 0 Å². The number of halogens is 2. The maximum Gasteiger partial charge on any atom is 0.264 e. The summed E-state index contributed by atoms with van der Waals surface area (Å²) in [5.41, 5.74) is 1.04. The van der Waals surface area contributed by atoms with E-state index >= 15 is 0 Å². The number of nitrogens with one attached hydrogen (secondary N) is 1. The maximum atomic E-state index is 13.9. The van der Waals surface area contributed by atoms with Gasteiger partial charge in [0.15, 0.2) is 0 Å². The van der Waals surface area contributed by atoms with Gasteiger partial charge in [-0.3, -0.25) is 13.9 Å². The molecule has 0 heterocycles. The lowest BCUT2D eigenvalue weighted by Crippen LogP contribution is -2.51. The third kappa shape index (κ3) is 8.22. The summed E-state index contributed by atoms with van der Waals surface area (Å²) < 4.78 is 34.7. The summed E-state index contributed by atoms with van der Waals surface area (Å²) in [6.07, 6.45) is 0. The first kappa shape index (κ1) is 31.4. The first-order valence-corrected chi connectivity index (χ1v) is 15.3. The number of carbonyl (C=O) groups is 2. The molecule has 8 nitrogen and oxygen atoms in total. The summed E-state index contributed by atoms with van der Waals surface area (Å²) in [5.74, 6) is -0.151. The molecule has 0 bridgehead atoms. The molecule has 214 valence electrons. The molecule has 40 heavy (non-hydrogen) atoms. The van der Waals surface area contributed by atoms with Gasteiger partial charge in [-0.15, -0.1) is 0 Å². The minimum absolute atomic E-state index is 0.0164. The topological polar surface area (TPSA) is 96.0 Å². The van der Waals surface area contributed by atoms with Crippen LogP contribution in [0.2, 0.25) is 5.02 Å². The Labute approximate surface area is 249 Å². The van der Waals surface area contributed by atoms with E-state index in [9.17, 15) is 18.0 Å². The number of carbonyl (C=O) groups excluding carboxylic acids is 2. The lowest BCUT2D eigenvalue weighted by Gasteiger charge is -2.32. The zero-order valence-electron chi connectivity index (χ0n) is 22.8. The standard InChI is InChI=1S/C29H33BrClN3O5S/c1-20(2)17-32-29(36)21(3)33(18-22-6-5-7-23(30)16-22)28(35)19-34(25-10-8-24(31)9-11-25)40(37,38)27-14-12-26(39-4)13-15-27/h5-16,20-21H,17-19H2,1-4H3,(H,32,36)/t21-/m0/s1. The van der Waals surface area contributed by atoms with Crippen LogP contribution in [0.15, 0.2) is 82.2 Å². The van der Waals surface area contributed by atoms with E-state index in [-0.39, 0.29) is 29.0 Å². The summed E-state index contributed by atoms with van der Waals surface area (Å²) >= 11 is 9.51. The zero-order chi connectivity index (χ0) is 29.4. The van der Waals surface area contributed by atoms with Gasteiger partial charge >= 0.3 is 0 Å². The van der Waals surface area contributed by atoms with Crippen LogP contribution >= 0.6 is 27.5 Å². The Hall–Kier alpha value is -3.08. The Morgan fingerprint density at radius 3 is 2.23 bits per heavy atom. The quantitative estimate of drug-likeness (QED) is 0.280. The van der Waals surface area contributed by atoms with Gasteiger partial charge in [0.2, 0.25) is 11.8 Å². The fourth-order valence-electron chi connectivity index (χ4n) is 3.88.